The second-order valence-corrected chi connectivity index (χ2v) is 7.81. The molecule has 4 rings (SSSR count). The Bertz CT molecular complexity index is 756. The van der Waals surface area contributed by atoms with Crippen molar-refractivity contribution >= 4 is 40.0 Å². The van der Waals surface area contributed by atoms with E-state index in [1.54, 1.807) is 6.20 Å². The number of rotatable bonds is 2. The van der Waals surface area contributed by atoms with Crippen LogP contribution in [0.2, 0.25) is 0 Å². The average molecular weight is 448 g/mol. The highest BCUT2D eigenvalue weighted by Gasteiger charge is 2.30. The van der Waals surface area contributed by atoms with Gasteiger partial charge in [0.05, 0.1) is 11.4 Å². The van der Waals surface area contributed by atoms with Crippen molar-refractivity contribution in [3.63, 3.8) is 0 Å². The van der Waals surface area contributed by atoms with E-state index < -0.39 is 0 Å². The summed E-state index contributed by atoms with van der Waals surface area (Å²) in [6, 6.07) is 12.8. The van der Waals surface area contributed by atoms with Crippen LogP contribution in [0.4, 0.5) is 16.2 Å². The number of pyridine rings is 1. The third kappa shape index (κ3) is 3.58. The molecule has 0 aliphatic carbocycles. The van der Waals surface area contributed by atoms with Crippen LogP contribution in [0.15, 0.2) is 42.6 Å². The summed E-state index contributed by atoms with van der Waals surface area (Å²) in [6.45, 7) is 2.71. The Labute approximate surface area is 161 Å². The maximum absolute atomic E-state index is 12.6. The molecule has 0 atom stereocenters. The number of benzene rings is 1. The molecule has 2 aromatic rings. The van der Waals surface area contributed by atoms with Gasteiger partial charge in [0.1, 0.15) is 0 Å². The van der Waals surface area contributed by atoms with E-state index in [0.29, 0.717) is 6.04 Å². The quantitative estimate of drug-likeness (QED) is 0.713. The van der Waals surface area contributed by atoms with Crippen LogP contribution >= 0.6 is 22.6 Å². The summed E-state index contributed by atoms with van der Waals surface area (Å²) >= 11 is 2.33. The van der Waals surface area contributed by atoms with Crippen molar-refractivity contribution in [1.82, 2.24) is 9.88 Å². The number of nitrogens with one attached hydrogen (secondary N) is 1. The molecule has 3 heterocycles. The van der Waals surface area contributed by atoms with Crippen LogP contribution in [-0.2, 0) is 6.42 Å². The molecule has 2 amide bonds. The number of piperidine rings is 1. The second kappa shape index (κ2) is 7.19. The molecule has 25 heavy (non-hydrogen) atoms. The number of carbonyl (C=O) groups excluding carboxylic acids is 1. The summed E-state index contributed by atoms with van der Waals surface area (Å²) in [7, 11) is 0. The number of hydrogen-bond donors (Lipinski definition) is 1. The van der Waals surface area contributed by atoms with E-state index in [0.717, 1.165) is 50.3 Å². The predicted octanol–water partition coefficient (Wildman–Crippen LogP) is 3.75. The van der Waals surface area contributed by atoms with Gasteiger partial charge in [0, 0.05) is 47.6 Å². The lowest BCUT2D eigenvalue weighted by Gasteiger charge is -2.38. The molecule has 1 aromatic heterocycles. The first-order chi connectivity index (χ1) is 12.2. The Kier molecular flexibility index (Phi) is 4.78. The highest BCUT2D eigenvalue weighted by molar-refractivity contribution is 14.1. The molecule has 1 N–H and O–H groups in total. The smallest absolute Gasteiger partial charge is 0.322 e. The van der Waals surface area contributed by atoms with Gasteiger partial charge in [-0.2, -0.15) is 0 Å². The van der Waals surface area contributed by atoms with Gasteiger partial charge in [0.2, 0.25) is 0 Å². The first-order valence-corrected chi connectivity index (χ1v) is 9.80. The zero-order valence-electron chi connectivity index (χ0n) is 14.0. The first-order valence-electron chi connectivity index (χ1n) is 8.73. The molecule has 2 aliphatic rings. The van der Waals surface area contributed by atoms with Crippen molar-refractivity contribution in [1.29, 1.82) is 0 Å². The number of urea groups is 1. The lowest BCUT2D eigenvalue weighted by atomic mass is 10.0. The summed E-state index contributed by atoms with van der Waals surface area (Å²) in [5.41, 5.74) is 3.11. The van der Waals surface area contributed by atoms with E-state index in [1.807, 2.05) is 17.0 Å². The predicted molar refractivity (Wildman–Crippen MR) is 108 cm³/mol. The normalized spacial score (nSPS) is 18.5. The van der Waals surface area contributed by atoms with Gasteiger partial charge < -0.3 is 15.1 Å². The van der Waals surface area contributed by atoms with Gasteiger partial charge in [-0.1, -0.05) is 0 Å². The van der Waals surface area contributed by atoms with Crippen molar-refractivity contribution in [2.75, 3.05) is 29.9 Å². The molecule has 0 spiro atoms. The van der Waals surface area contributed by atoms with Crippen molar-refractivity contribution in [2.24, 2.45) is 0 Å². The van der Waals surface area contributed by atoms with Gasteiger partial charge in [-0.05, 0) is 71.8 Å². The number of amides is 2. The fraction of sp³-hybridized carbons (Fsp3) is 0.368. The van der Waals surface area contributed by atoms with Gasteiger partial charge in [0.25, 0.3) is 0 Å². The molecule has 0 bridgehead atoms. The zero-order valence-corrected chi connectivity index (χ0v) is 16.1. The molecule has 5 nitrogen and oxygen atoms in total. The van der Waals surface area contributed by atoms with Crippen molar-refractivity contribution in [2.45, 2.75) is 25.3 Å². The van der Waals surface area contributed by atoms with E-state index in [-0.39, 0.29) is 6.03 Å². The summed E-state index contributed by atoms with van der Waals surface area (Å²) in [4.78, 5) is 21.5. The third-order valence-corrected chi connectivity index (χ3v) is 5.80. The number of anilines is 2. The molecule has 1 aromatic carbocycles. The minimum absolute atomic E-state index is 0.0134. The molecular formula is C19H21IN4O. The maximum atomic E-state index is 12.6. The lowest BCUT2D eigenvalue weighted by Crippen LogP contribution is -2.48. The maximum Gasteiger partial charge on any atom is 0.322 e. The standard InChI is InChI=1S/C19H21IN4O/c20-14-3-5-15(6-4-14)23-11-7-16(8-12-23)24-13-9-17-18(22-19(24)25)2-1-10-21-17/h1-6,10,16H,7-9,11-13H2,(H,22,25). The molecule has 0 unspecified atom stereocenters. The van der Waals surface area contributed by atoms with Crippen LogP contribution in [0.3, 0.4) is 0 Å². The minimum atomic E-state index is 0.0134. The topological polar surface area (TPSA) is 48.5 Å². The summed E-state index contributed by atoms with van der Waals surface area (Å²) < 4.78 is 1.26. The molecule has 6 heteroatoms. The Morgan fingerprint density at radius 2 is 1.84 bits per heavy atom. The van der Waals surface area contributed by atoms with Crippen LogP contribution in [0.5, 0.6) is 0 Å². The highest BCUT2D eigenvalue weighted by Crippen LogP contribution is 2.26. The summed E-state index contributed by atoms with van der Waals surface area (Å²) in [6.07, 6.45) is 4.61. The van der Waals surface area contributed by atoms with E-state index in [9.17, 15) is 4.79 Å². The van der Waals surface area contributed by atoms with E-state index in [4.69, 9.17) is 0 Å². The zero-order chi connectivity index (χ0) is 17.2. The third-order valence-electron chi connectivity index (χ3n) is 5.08. The molecule has 2 aliphatic heterocycles. The molecule has 0 radical (unpaired) electrons. The van der Waals surface area contributed by atoms with Crippen LogP contribution < -0.4 is 10.2 Å². The Balaban J connectivity index is 1.41. The van der Waals surface area contributed by atoms with Gasteiger partial charge >= 0.3 is 6.03 Å². The Morgan fingerprint density at radius 1 is 1.08 bits per heavy atom. The first kappa shape index (κ1) is 16.6. The number of aromatic nitrogens is 1. The number of carbonyl (C=O) groups is 1. The van der Waals surface area contributed by atoms with E-state index in [1.165, 1.54) is 9.26 Å². The highest BCUT2D eigenvalue weighted by atomic mass is 127. The molecule has 0 saturated carbocycles. The molecule has 130 valence electrons. The van der Waals surface area contributed by atoms with E-state index >= 15 is 0 Å². The van der Waals surface area contributed by atoms with Crippen molar-refractivity contribution in [3.8, 4) is 0 Å². The lowest BCUT2D eigenvalue weighted by molar-refractivity contribution is 0.177. The molecular weight excluding hydrogens is 427 g/mol. The number of halogens is 1. The second-order valence-electron chi connectivity index (χ2n) is 6.57. The minimum Gasteiger partial charge on any atom is -0.371 e. The fourth-order valence-corrected chi connectivity index (χ4v) is 4.06. The SMILES string of the molecule is O=C1Nc2cccnc2CCN1C1CCN(c2ccc(I)cc2)CC1. The number of hydrogen-bond acceptors (Lipinski definition) is 3. The van der Waals surface area contributed by atoms with Crippen LogP contribution in [0, 0.1) is 3.57 Å². The molecule has 1 fully saturated rings. The number of nitrogens with zero attached hydrogens (tertiary/aromatic N) is 3. The summed E-state index contributed by atoms with van der Waals surface area (Å²) in [5, 5.41) is 3.03. The van der Waals surface area contributed by atoms with E-state index in [2.05, 4.69) is 62.1 Å². The fourth-order valence-electron chi connectivity index (χ4n) is 3.70. The largest absolute Gasteiger partial charge is 0.371 e. The van der Waals surface area contributed by atoms with Gasteiger partial charge in [-0.3, -0.25) is 4.98 Å². The Hall–Kier alpha value is -1.83. The summed E-state index contributed by atoms with van der Waals surface area (Å²) in [5.74, 6) is 0. The van der Waals surface area contributed by atoms with Gasteiger partial charge in [-0.25, -0.2) is 4.79 Å². The average Bonchev–Trinajstić information content (AvgIpc) is 2.81. The van der Waals surface area contributed by atoms with Crippen LogP contribution in [0.1, 0.15) is 18.5 Å². The van der Waals surface area contributed by atoms with Crippen LogP contribution in [-0.4, -0.2) is 41.6 Å². The van der Waals surface area contributed by atoms with Crippen LogP contribution in [0.25, 0.3) is 0 Å². The molecule has 1 saturated heterocycles. The van der Waals surface area contributed by atoms with Gasteiger partial charge in [-0.15, -0.1) is 0 Å². The monoisotopic (exact) mass is 448 g/mol. The number of fused-ring (bicyclic) bond motifs is 1. The van der Waals surface area contributed by atoms with Crippen molar-refractivity contribution in [3.05, 3.63) is 51.9 Å². The Morgan fingerprint density at radius 3 is 2.60 bits per heavy atom. The van der Waals surface area contributed by atoms with Crippen molar-refractivity contribution < 1.29 is 4.79 Å². The van der Waals surface area contributed by atoms with Gasteiger partial charge in [0.15, 0.2) is 0 Å².